The second kappa shape index (κ2) is 16.1. The summed E-state index contributed by atoms with van der Waals surface area (Å²) in [6, 6.07) is 11.0. The molecule has 27 heavy (non-hydrogen) atoms. The fraction of sp³-hybridized carbons (Fsp3) is 0.667. The number of likely N-dealkylation sites (N-methyl/N-ethyl adjacent to an activating group) is 1. The molecule has 0 saturated heterocycles. The van der Waals surface area contributed by atoms with E-state index in [1.54, 1.807) is 0 Å². The van der Waals surface area contributed by atoms with Crippen molar-refractivity contribution < 1.29 is 5.11 Å². The molecule has 5 nitrogen and oxygen atoms in total. The molecule has 156 valence electrons. The Bertz CT molecular complexity index is 490. The summed E-state index contributed by atoms with van der Waals surface area (Å²) in [5.74, 6) is 1.32. The lowest BCUT2D eigenvalue weighted by Crippen LogP contribution is -2.46. The van der Waals surface area contributed by atoms with Crippen LogP contribution >= 0.6 is 24.0 Å². The van der Waals surface area contributed by atoms with Crippen molar-refractivity contribution in [1.82, 2.24) is 15.5 Å². The van der Waals surface area contributed by atoms with Crippen molar-refractivity contribution in [2.24, 2.45) is 10.9 Å². The molecular weight excluding hydrogens is 451 g/mol. The van der Waals surface area contributed by atoms with Crippen molar-refractivity contribution in [1.29, 1.82) is 0 Å². The van der Waals surface area contributed by atoms with Crippen molar-refractivity contribution in [2.75, 3.05) is 40.3 Å². The van der Waals surface area contributed by atoms with Crippen LogP contribution in [-0.4, -0.2) is 62.3 Å². The number of nitrogens with zero attached hydrogens (tertiary/aromatic N) is 2. The minimum atomic E-state index is 0. The molecule has 0 aliphatic carbocycles. The van der Waals surface area contributed by atoms with E-state index >= 15 is 0 Å². The Morgan fingerprint density at radius 2 is 1.81 bits per heavy atom. The van der Waals surface area contributed by atoms with Crippen LogP contribution in [0.1, 0.15) is 38.7 Å². The number of aliphatic hydroxyl groups is 1. The average molecular weight is 490 g/mol. The van der Waals surface area contributed by atoms with Crippen molar-refractivity contribution in [3.63, 3.8) is 0 Å². The van der Waals surface area contributed by atoms with E-state index in [1.807, 2.05) is 0 Å². The van der Waals surface area contributed by atoms with Gasteiger partial charge in [-0.1, -0.05) is 43.7 Å². The summed E-state index contributed by atoms with van der Waals surface area (Å²) in [7, 11) is 4.25. The van der Waals surface area contributed by atoms with Crippen LogP contribution in [0.2, 0.25) is 0 Å². The predicted molar refractivity (Wildman–Crippen MR) is 127 cm³/mol. The van der Waals surface area contributed by atoms with E-state index in [4.69, 9.17) is 4.99 Å². The summed E-state index contributed by atoms with van der Waals surface area (Å²) in [6.07, 6.45) is 4.07. The number of hydrogen-bond donors (Lipinski definition) is 3. The molecule has 0 aromatic heterocycles. The summed E-state index contributed by atoms with van der Waals surface area (Å²) < 4.78 is 0. The largest absolute Gasteiger partial charge is 0.396 e. The maximum Gasteiger partial charge on any atom is 0.191 e. The Hall–Kier alpha value is -0.860. The molecule has 1 aromatic rings. The van der Waals surface area contributed by atoms with Gasteiger partial charge in [0.1, 0.15) is 0 Å². The van der Waals surface area contributed by atoms with Gasteiger partial charge in [-0.05, 0) is 51.8 Å². The molecular formula is C21H39IN4O. The van der Waals surface area contributed by atoms with Crippen LogP contribution in [-0.2, 0) is 6.42 Å². The number of aliphatic hydroxyl groups excluding tert-OH is 1. The van der Waals surface area contributed by atoms with Crippen LogP contribution in [0.3, 0.4) is 0 Å². The van der Waals surface area contributed by atoms with Crippen LogP contribution < -0.4 is 10.6 Å². The summed E-state index contributed by atoms with van der Waals surface area (Å²) in [5, 5.41) is 16.1. The summed E-state index contributed by atoms with van der Waals surface area (Å²) in [4.78, 5) is 7.01. The van der Waals surface area contributed by atoms with E-state index < -0.39 is 0 Å². The molecule has 0 amide bonds. The normalized spacial score (nSPS) is 13.8. The Morgan fingerprint density at radius 3 is 2.37 bits per heavy atom. The Labute approximate surface area is 183 Å². The first-order valence-corrected chi connectivity index (χ1v) is 9.94. The zero-order valence-electron chi connectivity index (χ0n) is 17.4. The lowest BCUT2D eigenvalue weighted by Gasteiger charge is -2.26. The zero-order valence-corrected chi connectivity index (χ0v) is 19.8. The van der Waals surface area contributed by atoms with Crippen LogP contribution in [0.4, 0.5) is 0 Å². The first-order valence-electron chi connectivity index (χ1n) is 9.94. The standard InChI is InChI=1S/C21H38N4O.HI/c1-5-10-19(13-14-26)16-23-21(22-6-2)24-17-20(25(3)4)15-18-11-8-7-9-12-18;/h7-9,11-12,19-20,26H,5-6,10,13-17H2,1-4H3,(H2,22,23,24);1H. The molecule has 2 unspecified atom stereocenters. The van der Waals surface area contributed by atoms with E-state index in [-0.39, 0.29) is 30.6 Å². The van der Waals surface area contributed by atoms with Crippen molar-refractivity contribution in [2.45, 2.75) is 45.6 Å². The van der Waals surface area contributed by atoms with E-state index in [0.29, 0.717) is 12.0 Å². The molecule has 3 N–H and O–H groups in total. The van der Waals surface area contributed by atoms with Gasteiger partial charge in [-0.3, -0.25) is 4.99 Å². The highest BCUT2D eigenvalue weighted by molar-refractivity contribution is 14.0. The quantitative estimate of drug-likeness (QED) is 0.240. The third-order valence-corrected chi connectivity index (χ3v) is 4.64. The van der Waals surface area contributed by atoms with Crippen LogP contribution in [0.15, 0.2) is 35.3 Å². The average Bonchev–Trinajstić information content (AvgIpc) is 2.63. The number of guanidine groups is 1. The smallest absolute Gasteiger partial charge is 0.191 e. The summed E-state index contributed by atoms with van der Waals surface area (Å²) in [6.45, 7) is 6.95. The molecule has 0 aliphatic rings. The first kappa shape index (κ1) is 26.1. The summed E-state index contributed by atoms with van der Waals surface area (Å²) >= 11 is 0. The van der Waals surface area contributed by atoms with Gasteiger partial charge in [-0.25, -0.2) is 0 Å². The van der Waals surface area contributed by atoms with Gasteiger partial charge < -0.3 is 20.6 Å². The molecule has 1 aromatic carbocycles. The highest BCUT2D eigenvalue weighted by atomic mass is 127. The Morgan fingerprint density at radius 1 is 1.11 bits per heavy atom. The van der Waals surface area contributed by atoms with Gasteiger partial charge in [0.2, 0.25) is 0 Å². The molecule has 2 atom stereocenters. The second-order valence-corrected chi connectivity index (χ2v) is 7.07. The minimum Gasteiger partial charge on any atom is -0.396 e. The SMILES string of the molecule is CCCC(CCO)CN=C(NCC)NCC(Cc1ccccc1)N(C)C.I. The van der Waals surface area contributed by atoms with E-state index in [1.165, 1.54) is 5.56 Å². The molecule has 0 spiro atoms. The number of aliphatic imine (C=N–C) groups is 1. The third-order valence-electron chi connectivity index (χ3n) is 4.64. The molecule has 0 heterocycles. The minimum absolute atomic E-state index is 0. The van der Waals surface area contributed by atoms with Crippen molar-refractivity contribution in [3.8, 4) is 0 Å². The zero-order chi connectivity index (χ0) is 19.2. The predicted octanol–water partition coefficient (Wildman–Crippen LogP) is 3.13. The van der Waals surface area contributed by atoms with Crippen molar-refractivity contribution >= 4 is 29.9 Å². The van der Waals surface area contributed by atoms with Gasteiger partial charge in [0.05, 0.1) is 0 Å². The molecule has 0 bridgehead atoms. The maximum atomic E-state index is 9.22. The molecule has 0 aliphatic heterocycles. The maximum absolute atomic E-state index is 9.22. The molecule has 0 radical (unpaired) electrons. The fourth-order valence-corrected chi connectivity index (χ4v) is 3.02. The van der Waals surface area contributed by atoms with E-state index in [9.17, 15) is 5.11 Å². The van der Waals surface area contributed by atoms with Crippen LogP contribution in [0, 0.1) is 5.92 Å². The molecule has 0 saturated carbocycles. The topological polar surface area (TPSA) is 59.9 Å². The molecule has 0 fully saturated rings. The lowest BCUT2D eigenvalue weighted by molar-refractivity contribution is 0.253. The monoisotopic (exact) mass is 490 g/mol. The van der Waals surface area contributed by atoms with Gasteiger partial charge in [0.15, 0.2) is 5.96 Å². The number of nitrogens with one attached hydrogen (secondary N) is 2. The Balaban J connectivity index is 0.00000676. The van der Waals surface area contributed by atoms with E-state index in [2.05, 4.69) is 73.8 Å². The number of hydrogen-bond acceptors (Lipinski definition) is 3. The summed E-state index contributed by atoms with van der Waals surface area (Å²) in [5.41, 5.74) is 1.35. The van der Waals surface area contributed by atoms with Gasteiger partial charge >= 0.3 is 0 Å². The van der Waals surface area contributed by atoms with Gasteiger partial charge in [0.25, 0.3) is 0 Å². The number of halogens is 1. The second-order valence-electron chi connectivity index (χ2n) is 7.07. The van der Waals surface area contributed by atoms with Crippen LogP contribution in [0.5, 0.6) is 0 Å². The van der Waals surface area contributed by atoms with Gasteiger partial charge in [-0.15, -0.1) is 24.0 Å². The van der Waals surface area contributed by atoms with Crippen molar-refractivity contribution in [3.05, 3.63) is 35.9 Å². The van der Waals surface area contributed by atoms with Gasteiger partial charge in [0, 0.05) is 32.3 Å². The molecule has 6 heteroatoms. The number of rotatable bonds is 12. The molecule has 1 rings (SSSR count). The van der Waals surface area contributed by atoms with Gasteiger partial charge in [-0.2, -0.15) is 0 Å². The Kier molecular flexibility index (Phi) is 15.6. The number of benzene rings is 1. The highest BCUT2D eigenvalue weighted by Gasteiger charge is 2.13. The third kappa shape index (κ3) is 11.5. The lowest BCUT2D eigenvalue weighted by atomic mass is 10.0. The first-order chi connectivity index (χ1) is 12.6. The fourth-order valence-electron chi connectivity index (χ4n) is 3.02. The van der Waals surface area contributed by atoms with E-state index in [0.717, 1.165) is 51.3 Å². The highest BCUT2D eigenvalue weighted by Crippen LogP contribution is 2.11. The van der Waals surface area contributed by atoms with Crippen LogP contribution in [0.25, 0.3) is 0 Å².